The van der Waals surface area contributed by atoms with Crippen molar-refractivity contribution in [3.05, 3.63) is 77.9 Å². The van der Waals surface area contributed by atoms with Gasteiger partial charge in [0.25, 0.3) is 5.91 Å². The van der Waals surface area contributed by atoms with Crippen LogP contribution in [0.25, 0.3) is 10.8 Å². The second-order valence-corrected chi connectivity index (χ2v) is 5.71. The number of anilines is 1. The van der Waals surface area contributed by atoms with E-state index in [1.165, 1.54) is 5.56 Å². The van der Waals surface area contributed by atoms with Crippen molar-refractivity contribution >= 4 is 22.4 Å². The molecule has 0 heterocycles. The zero-order valence-corrected chi connectivity index (χ0v) is 13.3. The van der Waals surface area contributed by atoms with Crippen LogP contribution in [-0.4, -0.2) is 12.5 Å². The fourth-order valence-corrected chi connectivity index (χ4v) is 2.72. The van der Waals surface area contributed by atoms with E-state index in [0.29, 0.717) is 6.54 Å². The lowest BCUT2D eigenvalue weighted by Gasteiger charge is -2.11. The molecule has 0 aliphatic rings. The fraction of sp³-hybridized carbons (Fsp3) is 0.150. The highest BCUT2D eigenvalue weighted by Gasteiger charge is 2.10. The van der Waals surface area contributed by atoms with Crippen LogP contribution in [0.3, 0.4) is 0 Å². The summed E-state index contributed by atoms with van der Waals surface area (Å²) in [6, 6.07) is 22.4. The second-order valence-electron chi connectivity index (χ2n) is 5.71. The molecule has 3 nitrogen and oxygen atoms in total. The molecule has 0 atom stereocenters. The summed E-state index contributed by atoms with van der Waals surface area (Å²) < 4.78 is 0. The predicted octanol–water partition coefficient (Wildman–Crippen LogP) is 2.85. The first kappa shape index (κ1) is 15.3. The van der Waals surface area contributed by atoms with Gasteiger partial charge < -0.3 is 10.6 Å². The minimum atomic E-state index is 0.0281. The predicted molar refractivity (Wildman–Crippen MR) is 94.3 cm³/mol. The lowest BCUT2D eigenvalue weighted by atomic mass is 10.0. The van der Waals surface area contributed by atoms with Crippen LogP contribution in [0.1, 0.15) is 11.1 Å². The second kappa shape index (κ2) is 7.07. The Kier molecular flexibility index (Phi) is 4.69. The zero-order chi connectivity index (χ0) is 16.1. The Labute approximate surface area is 136 Å². The number of nitrogens with two attached hydrogens (primary N) is 1. The molecular formula is C20H21N2O+. The Hall–Kier alpha value is -2.65. The molecule has 3 N–H and O–H groups in total. The van der Waals surface area contributed by atoms with E-state index in [9.17, 15) is 4.79 Å². The number of aryl methyl sites for hydroxylation is 1. The largest absolute Gasteiger partial charge is 0.335 e. The monoisotopic (exact) mass is 305 g/mol. The minimum Gasteiger partial charge on any atom is -0.335 e. The van der Waals surface area contributed by atoms with Crippen molar-refractivity contribution < 1.29 is 10.1 Å². The Morgan fingerprint density at radius 2 is 1.70 bits per heavy atom. The summed E-state index contributed by atoms with van der Waals surface area (Å²) >= 11 is 0. The molecule has 1 amide bonds. The van der Waals surface area contributed by atoms with Gasteiger partial charge in [-0.3, -0.25) is 4.79 Å². The molecule has 3 aromatic rings. The average Bonchev–Trinajstić information content (AvgIpc) is 2.58. The van der Waals surface area contributed by atoms with E-state index in [2.05, 4.69) is 29.6 Å². The summed E-state index contributed by atoms with van der Waals surface area (Å²) in [5, 5.41) is 7.32. The Morgan fingerprint density at radius 3 is 2.52 bits per heavy atom. The van der Waals surface area contributed by atoms with Crippen LogP contribution >= 0.6 is 0 Å². The number of carbonyl (C=O) groups is 1. The van der Waals surface area contributed by atoms with Crippen LogP contribution in [0.5, 0.6) is 0 Å². The van der Waals surface area contributed by atoms with Crippen molar-refractivity contribution in [3.63, 3.8) is 0 Å². The Bertz CT molecular complexity index is 812. The fourth-order valence-electron chi connectivity index (χ4n) is 2.72. The van der Waals surface area contributed by atoms with Crippen molar-refractivity contribution in [2.75, 3.05) is 11.9 Å². The number of quaternary nitrogens is 1. The summed E-state index contributed by atoms with van der Waals surface area (Å²) in [4.78, 5) is 12.3. The van der Waals surface area contributed by atoms with Crippen LogP contribution in [0.2, 0.25) is 0 Å². The first-order valence-electron chi connectivity index (χ1n) is 7.88. The van der Waals surface area contributed by atoms with E-state index in [-0.39, 0.29) is 5.91 Å². The van der Waals surface area contributed by atoms with Crippen LogP contribution in [0.15, 0.2) is 66.7 Å². The highest BCUT2D eigenvalue weighted by Crippen LogP contribution is 2.26. The number of benzene rings is 3. The zero-order valence-electron chi connectivity index (χ0n) is 13.3. The van der Waals surface area contributed by atoms with E-state index < -0.39 is 0 Å². The van der Waals surface area contributed by atoms with E-state index in [1.807, 2.05) is 54.7 Å². The van der Waals surface area contributed by atoms with Gasteiger partial charge in [-0.05, 0) is 17.9 Å². The van der Waals surface area contributed by atoms with Gasteiger partial charge >= 0.3 is 0 Å². The SMILES string of the molecule is Cc1ccc2ccccc2c1NC(=O)C[NH2+]Cc1ccccc1. The molecule has 0 saturated heterocycles. The van der Waals surface area contributed by atoms with Crippen molar-refractivity contribution in [3.8, 4) is 0 Å². The van der Waals surface area contributed by atoms with Crippen LogP contribution in [0, 0.1) is 6.92 Å². The summed E-state index contributed by atoms with van der Waals surface area (Å²) in [5.41, 5.74) is 3.22. The maximum atomic E-state index is 12.3. The molecule has 3 heteroatoms. The lowest BCUT2D eigenvalue weighted by Crippen LogP contribution is -2.84. The molecule has 0 radical (unpaired) electrons. The van der Waals surface area contributed by atoms with Gasteiger partial charge in [0.1, 0.15) is 6.54 Å². The molecule has 0 bridgehead atoms. The third-order valence-electron chi connectivity index (χ3n) is 3.95. The quantitative estimate of drug-likeness (QED) is 0.748. The smallest absolute Gasteiger partial charge is 0.279 e. The first-order valence-corrected chi connectivity index (χ1v) is 7.88. The van der Waals surface area contributed by atoms with Crippen LogP contribution < -0.4 is 10.6 Å². The van der Waals surface area contributed by atoms with E-state index in [0.717, 1.165) is 28.6 Å². The van der Waals surface area contributed by atoms with Gasteiger partial charge in [0.15, 0.2) is 6.54 Å². The topological polar surface area (TPSA) is 45.7 Å². The third kappa shape index (κ3) is 3.76. The molecular weight excluding hydrogens is 284 g/mol. The average molecular weight is 305 g/mol. The minimum absolute atomic E-state index is 0.0281. The maximum Gasteiger partial charge on any atom is 0.279 e. The molecule has 0 spiro atoms. The van der Waals surface area contributed by atoms with E-state index in [1.54, 1.807) is 0 Å². The van der Waals surface area contributed by atoms with Gasteiger partial charge in [-0.1, -0.05) is 66.7 Å². The third-order valence-corrected chi connectivity index (χ3v) is 3.95. The van der Waals surface area contributed by atoms with Gasteiger partial charge in [0, 0.05) is 10.9 Å². The van der Waals surface area contributed by atoms with E-state index >= 15 is 0 Å². The van der Waals surface area contributed by atoms with Crippen molar-refractivity contribution in [1.82, 2.24) is 0 Å². The van der Waals surface area contributed by atoms with Gasteiger partial charge in [-0.2, -0.15) is 0 Å². The van der Waals surface area contributed by atoms with Gasteiger partial charge in [0.2, 0.25) is 0 Å². The van der Waals surface area contributed by atoms with Gasteiger partial charge in [0.05, 0.1) is 5.69 Å². The number of fused-ring (bicyclic) bond motifs is 1. The Balaban J connectivity index is 1.65. The molecule has 3 aromatic carbocycles. The lowest BCUT2D eigenvalue weighted by molar-refractivity contribution is -0.659. The number of rotatable bonds is 5. The summed E-state index contributed by atoms with van der Waals surface area (Å²) in [7, 11) is 0. The van der Waals surface area contributed by atoms with Crippen LogP contribution in [-0.2, 0) is 11.3 Å². The molecule has 0 aromatic heterocycles. The summed E-state index contributed by atoms with van der Waals surface area (Å²) in [6.45, 7) is 3.25. The number of hydrogen-bond acceptors (Lipinski definition) is 1. The van der Waals surface area contributed by atoms with E-state index in [4.69, 9.17) is 0 Å². The van der Waals surface area contributed by atoms with Crippen molar-refractivity contribution in [2.45, 2.75) is 13.5 Å². The molecule has 0 aliphatic carbocycles. The number of nitrogens with one attached hydrogen (secondary N) is 1. The molecule has 0 unspecified atom stereocenters. The number of hydrogen-bond donors (Lipinski definition) is 2. The molecule has 116 valence electrons. The first-order chi connectivity index (χ1) is 11.2. The van der Waals surface area contributed by atoms with Gasteiger partial charge in [-0.25, -0.2) is 0 Å². The molecule has 3 rings (SSSR count). The molecule has 0 aliphatic heterocycles. The highest BCUT2D eigenvalue weighted by atomic mass is 16.1. The van der Waals surface area contributed by atoms with Gasteiger partial charge in [-0.15, -0.1) is 0 Å². The standard InChI is InChI=1S/C20H20N2O/c1-15-11-12-17-9-5-6-10-18(17)20(15)22-19(23)14-21-13-16-7-3-2-4-8-16/h2-12,21H,13-14H2,1H3,(H,22,23)/p+1. The maximum absolute atomic E-state index is 12.3. The molecule has 23 heavy (non-hydrogen) atoms. The highest BCUT2D eigenvalue weighted by molar-refractivity contribution is 6.03. The van der Waals surface area contributed by atoms with Crippen molar-refractivity contribution in [2.24, 2.45) is 0 Å². The summed E-state index contributed by atoms with van der Waals surface area (Å²) in [6.07, 6.45) is 0. The number of carbonyl (C=O) groups excluding carboxylic acids is 1. The number of amides is 1. The summed E-state index contributed by atoms with van der Waals surface area (Å²) in [5.74, 6) is 0.0281. The van der Waals surface area contributed by atoms with Crippen LogP contribution in [0.4, 0.5) is 5.69 Å². The Morgan fingerprint density at radius 1 is 0.957 bits per heavy atom. The molecule has 0 saturated carbocycles. The van der Waals surface area contributed by atoms with Crippen molar-refractivity contribution in [1.29, 1.82) is 0 Å². The normalized spacial score (nSPS) is 10.7. The molecule has 0 fully saturated rings.